The summed E-state index contributed by atoms with van der Waals surface area (Å²) in [6.45, 7) is 6.09. The molecule has 4 nitrogen and oxygen atoms in total. The third-order valence-electron chi connectivity index (χ3n) is 4.44. The maximum atomic E-state index is 5.70. The molecule has 2 aromatic carbocycles. The summed E-state index contributed by atoms with van der Waals surface area (Å²) in [5, 5.41) is 3.98. The SMILES string of the molecule is CCOc1ccc(NC(=S)N(Cc2ccc(CC)cc2)Cc2ccco2)cc1. The molecule has 0 aliphatic carbocycles. The van der Waals surface area contributed by atoms with Crippen LogP contribution in [0.1, 0.15) is 30.7 Å². The molecule has 146 valence electrons. The smallest absolute Gasteiger partial charge is 0.174 e. The van der Waals surface area contributed by atoms with E-state index in [1.807, 2.05) is 43.3 Å². The molecule has 0 aliphatic heterocycles. The van der Waals surface area contributed by atoms with Gasteiger partial charge in [-0.3, -0.25) is 0 Å². The van der Waals surface area contributed by atoms with E-state index in [-0.39, 0.29) is 0 Å². The van der Waals surface area contributed by atoms with E-state index in [2.05, 4.69) is 41.4 Å². The van der Waals surface area contributed by atoms with Crippen LogP contribution in [0, 0.1) is 0 Å². The molecule has 0 atom stereocenters. The lowest BCUT2D eigenvalue weighted by atomic mass is 10.1. The summed E-state index contributed by atoms with van der Waals surface area (Å²) in [6.07, 6.45) is 2.72. The summed E-state index contributed by atoms with van der Waals surface area (Å²) in [5.74, 6) is 1.73. The maximum Gasteiger partial charge on any atom is 0.174 e. The van der Waals surface area contributed by atoms with Gasteiger partial charge in [0.25, 0.3) is 0 Å². The van der Waals surface area contributed by atoms with E-state index in [1.54, 1.807) is 6.26 Å². The van der Waals surface area contributed by atoms with Crippen molar-refractivity contribution in [2.24, 2.45) is 0 Å². The highest BCUT2D eigenvalue weighted by molar-refractivity contribution is 7.80. The molecule has 0 bridgehead atoms. The average molecular weight is 395 g/mol. The molecule has 28 heavy (non-hydrogen) atoms. The number of rotatable bonds is 8. The van der Waals surface area contributed by atoms with Crippen molar-refractivity contribution in [1.29, 1.82) is 0 Å². The first-order valence-electron chi connectivity index (χ1n) is 9.57. The van der Waals surface area contributed by atoms with E-state index in [0.717, 1.165) is 23.6 Å². The Morgan fingerprint density at radius 3 is 2.29 bits per heavy atom. The maximum absolute atomic E-state index is 5.70. The summed E-state index contributed by atoms with van der Waals surface area (Å²) >= 11 is 5.70. The molecule has 0 saturated heterocycles. The lowest BCUT2D eigenvalue weighted by molar-refractivity contribution is 0.340. The fourth-order valence-electron chi connectivity index (χ4n) is 2.89. The van der Waals surface area contributed by atoms with Crippen molar-refractivity contribution < 1.29 is 9.15 Å². The van der Waals surface area contributed by atoms with Crippen LogP contribution >= 0.6 is 12.2 Å². The average Bonchev–Trinajstić information content (AvgIpc) is 3.23. The molecule has 0 amide bonds. The first-order valence-corrected chi connectivity index (χ1v) is 9.97. The number of aryl methyl sites for hydroxylation is 1. The molecule has 5 heteroatoms. The number of ether oxygens (including phenoxy) is 1. The number of furan rings is 1. The second-order valence-electron chi connectivity index (χ2n) is 6.49. The van der Waals surface area contributed by atoms with E-state index in [1.165, 1.54) is 11.1 Å². The molecule has 0 saturated carbocycles. The second kappa shape index (κ2) is 9.95. The van der Waals surface area contributed by atoms with Crippen LogP contribution in [0.5, 0.6) is 5.75 Å². The van der Waals surface area contributed by atoms with E-state index in [9.17, 15) is 0 Å². The highest BCUT2D eigenvalue weighted by Crippen LogP contribution is 2.18. The Kier molecular flexibility index (Phi) is 7.09. The minimum Gasteiger partial charge on any atom is -0.494 e. The summed E-state index contributed by atoms with van der Waals surface area (Å²) in [6, 6.07) is 20.3. The molecule has 3 aromatic rings. The molecule has 1 N–H and O–H groups in total. The third-order valence-corrected chi connectivity index (χ3v) is 4.80. The predicted octanol–water partition coefficient (Wildman–Crippen LogP) is 5.64. The molecule has 0 spiro atoms. The fourth-order valence-corrected chi connectivity index (χ4v) is 3.14. The van der Waals surface area contributed by atoms with Gasteiger partial charge >= 0.3 is 0 Å². The summed E-state index contributed by atoms with van der Waals surface area (Å²) in [5.41, 5.74) is 3.47. The number of hydrogen-bond donors (Lipinski definition) is 1. The number of nitrogens with one attached hydrogen (secondary N) is 1. The molecule has 1 heterocycles. The zero-order valence-corrected chi connectivity index (χ0v) is 17.2. The predicted molar refractivity (Wildman–Crippen MR) is 118 cm³/mol. The molecular formula is C23H26N2O2S. The third kappa shape index (κ3) is 5.60. The molecule has 3 rings (SSSR count). The van der Waals surface area contributed by atoms with E-state index < -0.39 is 0 Å². The molecule has 0 aliphatic rings. The van der Waals surface area contributed by atoms with Gasteiger partial charge in [0.2, 0.25) is 0 Å². The van der Waals surface area contributed by atoms with Crippen LogP contribution < -0.4 is 10.1 Å². The van der Waals surface area contributed by atoms with Crippen LogP contribution in [-0.4, -0.2) is 16.6 Å². The Bertz CT molecular complexity index is 859. The number of benzene rings is 2. The second-order valence-corrected chi connectivity index (χ2v) is 6.88. The van der Waals surface area contributed by atoms with Crippen LogP contribution in [0.15, 0.2) is 71.3 Å². The summed E-state index contributed by atoms with van der Waals surface area (Å²) in [4.78, 5) is 2.10. The summed E-state index contributed by atoms with van der Waals surface area (Å²) in [7, 11) is 0. The van der Waals surface area contributed by atoms with E-state index in [4.69, 9.17) is 21.4 Å². The monoisotopic (exact) mass is 394 g/mol. The van der Waals surface area contributed by atoms with Crippen LogP contribution in [-0.2, 0) is 19.5 Å². The Hall–Kier alpha value is -2.79. The Morgan fingerprint density at radius 2 is 1.68 bits per heavy atom. The quantitative estimate of drug-likeness (QED) is 0.501. The van der Waals surface area contributed by atoms with Crippen molar-refractivity contribution in [2.75, 3.05) is 11.9 Å². The van der Waals surface area contributed by atoms with Crippen LogP contribution in [0.25, 0.3) is 0 Å². The number of anilines is 1. The zero-order valence-electron chi connectivity index (χ0n) is 16.4. The van der Waals surface area contributed by atoms with Crippen molar-refractivity contribution in [3.8, 4) is 5.75 Å². The van der Waals surface area contributed by atoms with Gasteiger partial charge in [-0.2, -0.15) is 0 Å². The topological polar surface area (TPSA) is 37.6 Å². The molecule has 0 radical (unpaired) electrons. The largest absolute Gasteiger partial charge is 0.494 e. The first-order chi connectivity index (χ1) is 13.7. The fraction of sp³-hybridized carbons (Fsp3) is 0.261. The van der Waals surface area contributed by atoms with Gasteiger partial charge in [0.1, 0.15) is 11.5 Å². The van der Waals surface area contributed by atoms with Crippen molar-refractivity contribution >= 4 is 23.0 Å². The Morgan fingerprint density at radius 1 is 0.964 bits per heavy atom. The van der Waals surface area contributed by atoms with Gasteiger partial charge in [-0.25, -0.2) is 0 Å². The number of thiocarbonyl (C=S) groups is 1. The molecule has 0 fully saturated rings. The van der Waals surface area contributed by atoms with Crippen molar-refractivity contribution in [2.45, 2.75) is 33.4 Å². The van der Waals surface area contributed by atoms with Gasteiger partial charge < -0.3 is 19.4 Å². The minimum atomic E-state index is 0.603. The van der Waals surface area contributed by atoms with Gasteiger partial charge in [0, 0.05) is 12.2 Å². The van der Waals surface area contributed by atoms with Crippen molar-refractivity contribution in [1.82, 2.24) is 4.90 Å². The van der Waals surface area contributed by atoms with Gasteiger partial charge in [-0.1, -0.05) is 31.2 Å². The minimum absolute atomic E-state index is 0.603. The Labute approximate surface area is 172 Å². The number of hydrogen-bond acceptors (Lipinski definition) is 3. The molecular weight excluding hydrogens is 368 g/mol. The highest BCUT2D eigenvalue weighted by atomic mass is 32.1. The summed E-state index contributed by atoms with van der Waals surface area (Å²) < 4.78 is 11.0. The normalized spacial score (nSPS) is 10.5. The van der Waals surface area contributed by atoms with Crippen molar-refractivity contribution in [3.05, 3.63) is 83.8 Å². The molecule has 0 unspecified atom stereocenters. The van der Waals surface area contributed by atoms with Crippen LogP contribution in [0.4, 0.5) is 5.69 Å². The van der Waals surface area contributed by atoms with Crippen LogP contribution in [0.3, 0.4) is 0 Å². The van der Waals surface area contributed by atoms with Gasteiger partial charge in [0.15, 0.2) is 5.11 Å². The van der Waals surface area contributed by atoms with Gasteiger partial charge in [-0.05, 0) is 73.1 Å². The van der Waals surface area contributed by atoms with Gasteiger partial charge in [0.05, 0.1) is 19.4 Å². The lowest BCUT2D eigenvalue weighted by Gasteiger charge is -2.25. The standard InChI is InChI=1S/C23H26N2O2S/c1-3-18-7-9-19(10-8-18)16-25(17-22-6-5-15-27-22)23(28)24-20-11-13-21(14-12-20)26-4-2/h5-15H,3-4,16-17H2,1-2H3,(H,24,28). The van der Waals surface area contributed by atoms with Gasteiger partial charge in [-0.15, -0.1) is 0 Å². The number of nitrogens with zero attached hydrogens (tertiary/aromatic N) is 1. The van der Waals surface area contributed by atoms with Crippen molar-refractivity contribution in [3.63, 3.8) is 0 Å². The Balaban J connectivity index is 1.71. The molecule has 1 aromatic heterocycles. The van der Waals surface area contributed by atoms with E-state index in [0.29, 0.717) is 24.8 Å². The highest BCUT2D eigenvalue weighted by Gasteiger charge is 2.13. The first kappa shape index (κ1) is 20.0. The zero-order chi connectivity index (χ0) is 19.8. The lowest BCUT2D eigenvalue weighted by Crippen LogP contribution is -2.33. The van der Waals surface area contributed by atoms with E-state index >= 15 is 0 Å². The van der Waals surface area contributed by atoms with Crippen LogP contribution in [0.2, 0.25) is 0 Å².